The van der Waals surface area contributed by atoms with E-state index in [1.54, 1.807) is 24.3 Å². The molecule has 0 radical (unpaired) electrons. The minimum absolute atomic E-state index is 0.00713. The Bertz CT molecular complexity index is 760. The molecule has 3 rings (SSSR count). The Hall–Kier alpha value is -2.55. The van der Waals surface area contributed by atoms with Crippen LogP contribution < -0.4 is 5.32 Å². The van der Waals surface area contributed by atoms with E-state index in [0.29, 0.717) is 5.56 Å². The Kier molecular flexibility index (Phi) is 3.49. The maximum atomic E-state index is 12.5. The number of para-hydroxylation sites is 1. The van der Waals surface area contributed by atoms with E-state index >= 15 is 0 Å². The summed E-state index contributed by atoms with van der Waals surface area (Å²) in [5.41, 5.74) is 3.28. The fourth-order valence-corrected chi connectivity index (χ4v) is 2.89. The number of rotatable bonds is 2. The Morgan fingerprint density at radius 2 is 1.82 bits per heavy atom. The summed E-state index contributed by atoms with van der Waals surface area (Å²) < 4.78 is 0. The lowest BCUT2D eigenvalue weighted by atomic mass is 9.85. The number of nitrogens with one attached hydrogen (secondary N) is 1. The van der Waals surface area contributed by atoms with Gasteiger partial charge in [0.05, 0.1) is 5.56 Å². The van der Waals surface area contributed by atoms with E-state index in [2.05, 4.69) is 25.2 Å². The summed E-state index contributed by atoms with van der Waals surface area (Å²) in [6.07, 6.45) is 2.49. The molecule has 3 nitrogen and oxygen atoms in total. The van der Waals surface area contributed by atoms with Crippen molar-refractivity contribution in [2.24, 2.45) is 0 Å². The standard InChI is InChI=1S/C19H19NO2/c1-19(2)12-13-7-3-4-8-14(13)16(20-19)11-18(22)15-9-5-6-10-17(15)21/h3-11,20-21H,12H2,1-2H3. The number of carbonyl (C=O) groups is 1. The molecule has 0 saturated heterocycles. The van der Waals surface area contributed by atoms with Crippen LogP contribution >= 0.6 is 0 Å². The maximum Gasteiger partial charge on any atom is 0.191 e. The number of allylic oxidation sites excluding steroid dienone is 1. The minimum atomic E-state index is -0.201. The highest BCUT2D eigenvalue weighted by Crippen LogP contribution is 2.30. The minimum Gasteiger partial charge on any atom is -0.507 e. The van der Waals surface area contributed by atoms with E-state index in [1.165, 1.54) is 11.6 Å². The number of benzene rings is 2. The summed E-state index contributed by atoms with van der Waals surface area (Å²) >= 11 is 0. The highest BCUT2D eigenvalue weighted by Gasteiger charge is 2.27. The summed E-state index contributed by atoms with van der Waals surface area (Å²) in [6, 6.07) is 14.7. The number of hydrogen-bond donors (Lipinski definition) is 2. The van der Waals surface area contributed by atoms with Crippen molar-refractivity contribution >= 4 is 11.5 Å². The van der Waals surface area contributed by atoms with Crippen molar-refractivity contribution in [3.63, 3.8) is 0 Å². The lowest BCUT2D eigenvalue weighted by Gasteiger charge is -2.35. The van der Waals surface area contributed by atoms with E-state index in [1.807, 2.05) is 18.2 Å². The van der Waals surface area contributed by atoms with Gasteiger partial charge in [0.2, 0.25) is 0 Å². The molecular weight excluding hydrogens is 274 g/mol. The molecule has 3 heteroatoms. The van der Waals surface area contributed by atoms with Gasteiger partial charge in [-0.2, -0.15) is 0 Å². The van der Waals surface area contributed by atoms with Crippen LogP contribution in [-0.4, -0.2) is 16.4 Å². The second-order valence-corrected chi connectivity index (χ2v) is 6.28. The molecular formula is C19H19NO2. The second-order valence-electron chi connectivity index (χ2n) is 6.28. The number of hydrogen-bond acceptors (Lipinski definition) is 3. The van der Waals surface area contributed by atoms with Gasteiger partial charge in [-0.15, -0.1) is 0 Å². The van der Waals surface area contributed by atoms with Crippen LogP contribution in [0.4, 0.5) is 0 Å². The third-order valence-electron chi connectivity index (χ3n) is 3.86. The van der Waals surface area contributed by atoms with E-state index in [-0.39, 0.29) is 17.1 Å². The summed E-state index contributed by atoms with van der Waals surface area (Å²) in [7, 11) is 0. The molecule has 0 amide bonds. The first-order chi connectivity index (χ1) is 10.5. The first kappa shape index (κ1) is 14.4. The van der Waals surface area contributed by atoms with E-state index in [4.69, 9.17) is 0 Å². The maximum absolute atomic E-state index is 12.5. The molecule has 0 aromatic heterocycles. The molecule has 0 bridgehead atoms. The molecule has 0 fully saturated rings. The van der Waals surface area contributed by atoms with Crippen LogP contribution in [0, 0.1) is 0 Å². The topological polar surface area (TPSA) is 49.3 Å². The van der Waals surface area contributed by atoms with Crippen molar-refractivity contribution in [3.05, 3.63) is 71.3 Å². The molecule has 2 aromatic rings. The zero-order valence-corrected chi connectivity index (χ0v) is 12.8. The number of ketones is 1. The average molecular weight is 293 g/mol. The lowest BCUT2D eigenvalue weighted by Crippen LogP contribution is -2.43. The van der Waals surface area contributed by atoms with Crippen LogP contribution in [0.3, 0.4) is 0 Å². The van der Waals surface area contributed by atoms with Crippen LogP contribution in [0.5, 0.6) is 5.75 Å². The third kappa shape index (κ3) is 2.75. The molecule has 0 spiro atoms. The predicted octanol–water partition coefficient (Wildman–Crippen LogP) is 3.54. The number of aromatic hydroxyl groups is 1. The zero-order chi connectivity index (χ0) is 15.7. The Morgan fingerprint density at radius 1 is 1.14 bits per heavy atom. The lowest BCUT2D eigenvalue weighted by molar-refractivity contribution is 0.104. The summed E-state index contributed by atoms with van der Waals surface area (Å²) in [5, 5.41) is 13.3. The molecule has 0 atom stereocenters. The molecule has 1 aliphatic rings. The van der Waals surface area contributed by atoms with Gasteiger partial charge in [-0.05, 0) is 38.0 Å². The van der Waals surface area contributed by atoms with Gasteiger partial charge in [0.1, 0.15) is 5.75 Å². The first-order valence-electron chi connectivity index (χ1n) is 7.37. The fraction of sp³-hybridized carbons (Fsp3) is 0.211. The van der Waals surface area contributed by atoms with Crippen molar-refractivity contribution in [2.45, 2.75) is 25.8 Å². The van der Waals surface area contributed by atoms with Crippen LogP contribution in [0.2, 0.25) is 0 Å². The van der Waals surface area contributed by atoms with Gasteiger partial charge in [-0.3, -0.25) is 4.79 Å². The van der Waals surface area contributed by atoms with E-state index in [9.17, 15) is 9.90 Å². The highest BCUT2D eigenvalue weighted by molar-refractivity contribution is 6.10. The van der Waals surface area contributed by atoms with Gasteiger partial charge in [0, 0.05) is 22.9 Å². The van der Waals surface area contributed by atoms with Crippen molar-refractivity contribution < 1.29 is 9.90 Å². The largest absolute Gasteiger partial charge is 0.507 e. The predicted molar refractivity (Wildman–Crippen MR) is 87.8 cm³/mol. The van der Waals surface area contributed by atoms with Crippen molar-refractivity contribution in [3.8, 4) is 5.75 Å². The number of phenols is 1. The average Bonchev–Trinajstić information content (AvgIpc) is 2.46. The number of fused-ring (bicyclic) bond motifs is 1. The molecule has 0 unspecified atom stereocenters. The van der Waals surface area contributed by atoms with Gasteiger partial charge in [-0.25, -0.2) is 0 Å². The van der Waals surface area contributed by atoms with Crippen LogP contribution in [0.15, 0.2) is 54.6 Å². The quantitative estimate of drug-likeness (QED) is 0.657. The van der Waals surface area contributed by atoms with Gasteiger partial charge >= 0.3 is 0 Å². The zero-order valence-electron chi connectivity index (χ0n) is 12.8. The number of phenolic OH excluding ortho intramolecular Hbond substituents is 1. The summed E-state index contributed by atoms with van der Waals surface area (Å²) in [5.74, 6) is -0.194. The molecule has 2 N–H and O–H groups in total. The van der Waals surface area contributed by atoms with Gasteiger partial charge < -0.3 is 10.4 Å². The summed E-state index contributed by atoms with van der Waals surface area (Å²) in [4.78, 5) is 12.5. The second kappa shape index (κ2) is 5.34. The molecule has 1 heterocycles. The van der Waals surface area contributed by atoms with Gasteiger partial charge in [0.15, 0.2) is 5.78 Å². The highest BCUT2D eigenvalue weighted by atomic mass is 16.3. The van der Waals surface area contributed by atoms with Gasteiger partial charge in [0.25, 0.3) is 0 Å². The Labute approximate surface area is 130 Å². The van der Waals surface area contributed by atoms with E-state index < -0.39 is 0 Å². The van der Waals surface area contributed by atoms with Crippen molar-refractivity contribution in [2.75, 3.05) is 0 Å². The van der Waals surface area contributed by atoms with Gasteiger partial charge in [-0.1, -0.05) is 36.4 Å². The van der Waals surface area contributed by atoms with Crippen LogP contribution in [0.25, 0.3) is 5.70 Å². The molecule has 22 heavy (non-hydrogen) atoms. The summed E-state index contributed by atoms with van der Waals surface area (Å²) in [6.45, 7) is 4.22. The molecule has 0 aliphatic carbocycles. The Balaban J connectivity index is 2.04. The normalized spacial score (nSPS) is 17.6. The molecule has 1 aliphatic heterocycles. The molecule has 2 aromatic carbocycles. The van der Waals surface area contributed by atoms with Crippen LogP contribution in [0.1, 0.15) is 35.3 Å². The third-order valence-corrected chi connectivity index (χ3v) is 3.86. The molecule has 112 valence electrons. The SMILES string of the molecule is CC1(C)Cc2ccccc2C(=CC(=O)c2ccccc2O)N1. The van der Waals surface area contributed by atoms with E-state index in [0.717, 1.165) is 17.7 Å². The first-order valence-corrected chi connectivity index (χ1v) is 7.37. The van der Waals surface area contributed by atoms with Crippen molar-refractivity contribution in [1.29, 1.82) is 0 Å². The van der Waals surface area contributed by atoms with Crippen molar-refractivity contribution in [1.82, 2.24) is 5.32 Å². The smallest absolute Gasteiger partial charge is 0.191 e. The monoisotopic (exact) mass is 293 g/mol. The Morgan fingerprint density at radius 3 is 2.59 bits per heavy atom. The molecule has 0 saturated carbocycles. The van der Waals surface area contributed by atoms with Crippen LogP contribution in [-0.2, 0) is 6.42 Å². The fourth-order valence-electron chi connectivity index (χ4n) is 2.89. The number of carbonyl (C=O) groups excluding carboxylic acids is 1.